The first-order chi connectivity index (χ1) is 9.60. The number of nitrogens with one attached hydrogen (secondary N) is 1. The fourth-order valence-electron chi connectivity index (χ4n) is 2.75. The molecule has 0 bridgehead atoms. The van der Waals surface area contributed by atoms with Crippen LogP contribution >= 0.6 is 15.9 Å². The maximum absolute atomic E-state index is 11.7. The van der Waals surface area contributed by atoms with E-state index in [1.165, 1.54) is 0 Å². The Morgan fingerprint density at radius 2 is 2.20 bits per heavy atom. The minimum Gasteiger partial charge on any atom is -0.380 e. The molecular formula is C14H15BrN2O3. The van der Waals surface area contributed by atoms with E-state index in [0.29, 0.717) is 11.3 Å². The number of benzene rings is 1. The first-order valence-electron chi connectivity index (χ1n) is 6.57. The molecule has 1 fully saturated rings. The number of carbonyl (C=O) groups is 2. The number of piperidine rings is 1. The van der Waals surface area contributed by atoms with Crippen LogP contribution in [-0.2, 0) is 9.53 Å². The average molecular weight is 339 g/mol. The van der Waals surface area contributed by atoms with E-state index in [2.05, 4.69) is 26.1 Å². The molecule has 0 spiro atoms. The van der Waals surface area contributed by atoms with E-state index in [1.807, 2.05) is 6.07 Å². The number of rotatable bonds is 2. The van der Waals surface area contributed by atoms with Crippen molar-refractivity contribution in [2.45, 2.75) is 18.9 Å². The fraction of sp³-hybridized carbons (Fsp3) is 0.429. The van der Waals surface area contributed by atoms with Gasteiger partial charge in [-0.25, -0.2) is 0 Å². The number of carbonyl (C=O) groups excluding carboxylic acids is 2. The SMILES string of the molecule is COC1CCCN(c2cc3c(cc2Br)C(=O)C(=O)N3)C1. The van der Waals surface area contributed by atoms with Crippen LogP contribution < -0.4 is 10.2 Å². The van der Waals surface area contributed by atoms with E-state index in [1.54, 1.807) is 13.2 Å². The van der Waals surface area contributed by atoms with Crippen molar-refractivity contribution >= 4 is 39.0 Å². The van der Waals surface area contributed by atoms with Gasteiger partial charge in [-0.2, -0.15) is 0 Å². The summed E-state index contributed by atoms with van der Waals surface area (Å²) in [6.45, 7) is 1.76. The summed E-state index contributed by atoms with van der Waals surface area (Å²) >= 11 is 3.50. The maximum atomic E-state index is 11.7. The molecule has 2 aliphatic rings. The standard InChI is InChI=1S/C14H15BrN2O3/c1-20-8-3-2-4-17(7-8)12-6-11-9(5-10(12)15)13(18)14(19)16-11/h5-6,8H,2-4,7H2,1H3,(H,16,18,19). The molecule has 1 saturated heterocycles. The normalized spacial score (nSPS) is 21.9. The monoisotopic (exact) mass is 338 g/mol. The predicted molar refractivity (Wildman–Crippen MR) is 79.3 cm³/mol. The predicted octanol–water partition coefficient (Wildman–Crippen LogP) is 2.20. The van der Waals surface area contributed by atoms with Crippen molar-refractivity contribution < 1.29 is 14.3 Å². The zero-order valence-corrected chi connectivity index (χ0v) is 12.7. The molecule has 0 saturated carbocycles. The van der Waals surface area contributed by atoms with Crippen molar-refractivity contribution in [2.75, 3.05) is 30.4 Å². The fourth-order valence-corrected chi connectivity index (χ4v) is 3.34. The Balaban J connectivity index is 1.93. The van der Waals surface area contributed by atoms with Gasteiger partial charge in [0.05, 0.1) is 23.0 Å². The summed E-state index contributed by atoms with van der Waals surface area (Å²) < 4.78 is 6.26. The van der Waals surface area contributed by atoms with Gasteiger partial charge in [0.1, 0.15) is 0 Å². The molecule has 20 heavy (non-hydrogen) atoms. The Morgan fingerprint density at radius 3 is 2.95 bits per heavy atom. The topological polar surface area (TPSA) is 58.6 Å². The van der Waals surface area contributed by atoms with Gasteiger partial charge < -0.3 is 15.0 Å². The number of hydrogen-bond acceptors (Lipinski definition) is 4. The molecule has 1 N–H and O–H groups in total. The highest BCUT2D eigenvalue weighted by Crippen LogP contribution is 2.36. The number of Topliss-reactive ketones (excluding diaryl/α,β-unsaturated/α-hetero) is 1. The highest BCUT2D eigenvalue weighted by molar-refractivity contribution is 9.10. The lowest BCUT2D eigenvalue weighted by molar-refractivity contribution is -0.112. The molecule has 6 heteroatoms. The second-order valence-corrected chi connectivity index (χ2v) is 5.93. The van der Waals surface area contributed by atoms with Crippen molar-refractivity contribution in [1.82, 2.24) is 0 Å². The van der Waals surface area contributed by atoms with Gasteiger partial charge in [-0.1, -0.05) is 0 Å². The molecule has 0 radical (unpaired) electrons. The van der Waals surface area contributed by atoms with E-state index < -0.39 is 11.7 Å². The lowest BCUT2D eigenvalue weighted by Gasteiger charge is -2.34. The van der Waals surface area contributed by atoms with Gasteiger partial charge in [-0.05, 0) is 40.9 Å². The molecule has 0 aliphatic carbocycles. The van der Waals surface area contributed by atoms with Crippen LogP contribution in [0.25, 0.3) is 0 Å². The largest absolute Gasteiger partial charge is 0.380 e. The van der Waals surface area contributed by atoms with Gasteiger partial charge in [0.15, 0.2) is 0 Å². The highest BCUT2D eigenvalue weighted by Gasteiger charge is 2.30. The number of nitrogens with zero attached hydrogens (tertiary/aromatic N) is 1. The molecular weight excluding hydrogens is 324 g/mol. The van der Waals surface area contributed by atoms with Crippen LogP contribution in [0.15, 0.2) is 16.6 Å². The Bertz CT molecular complexity index is 588. The third-order valence-corrected chi connectivity index (χ3v) is 4.47. The molecule has 1 unspecified atom stereocenters. The lowest BCUT2D eigenvalue weighted by Crippen LogP contribution is -2.39. The summed E-state index contributed by atoms with van der Waals surface area (Å²) in [7, 11) is 1.73. The molecule has 1 aromatic carbocycles. The van der Waals surface area contributed by atoms with Crippen molar-refractivity contribution in [3.05, 3.63) is 22.2 Å². The summed E-state index contributed by atoms with van der Waals surface area (Å²) in [5, 5.41) is 2.61. The number of ketones is 1. The van der Waals surface area contributed by atoms with Crippen molar-refractivity contribution in [2.24, 2.45) is 0 Å². The molecule has 2 heterocycles. The van der Waals surface area contributed by atoms with Gasteiger partial charge in [0.2, 0.25) is 0 Å². The van der Waals surface area contributed by atoms with Gasteiger partial charge in [-0.3, -0.25) is 9.59 Å². The molecule has 3 rings (SSSR count). The third kappa shape index (κ3) is 2.23. The molecule has 2 aliphatic heterocycles. The number of methoxy groups -OCH3 is 1. The first kappa shape index (κ1) is 13.6. The molecule has 106 valence electrons. The smallest absolute Gasteiger partial charge is 0.296 e. The van der Waals surface area contributed by atoms with Gasteiger partial charge >= 0.3 is 0 Å². The van der Waals surface area contributed by atoms with E-state index in [-0.39, 0.29) is 6.10 Å². The van der Waals surface area contributed by atoms with Crippen LogP contribution in [0.5, 0.6) is 0 Å². The Morgan fingerprint density at radius 1 is 1.40 bits per heavy atom. The third-order valence-electron chi connectivity index (χ3n) is 3.84. The van der Waals surface area contributed by atoms with Gasteiger partial charge in [0, 0.05) is 24.7 Å². The number of fused-ring (bicyclic) bond motifs is 1. The lowest BCUT2D eigenvalue weighted by atomic mass is 10.1. The van der Waals surface area contributed by atoms with Crippen LogP contribution in [-0.4, -0.2) is 38.0 Å². The number of hydrogen-bond donors (Lipinski definition) is 1. The Labute approximate surface area is 125 Å². The van der Waals surface area contributed by atoms with Gasteiger partial charge in [0.25, 0.3) is 11.7 Å². The number of anilines is 2. The van der Waals surface area contributed by atoms with Crippen molar-refractivity contribution in [3.63, 3.8) is 0 Å². The van der Waals surface area contributed by atoms with Gasteiger partial charge in [-0.15, -0.1) is 0 Å². The molecule has 1 atom stereocenters. The van der Waals surface area contributed by atoms with E-state index in [9.17, 15) is 9.59 Å². The van der Waals surface area contributed by atoms with Crippen LogP contribution in [0.2, 0.25) is 0 Å². The van der Waals surface area contributed by atoms with Crippen LogP contribution in [0.1, 0.15) is 23.2 Å². The number of amides is 1. The summed E-state index contributed by atoms with van der Waals surface area (Å²) in [5.41, 5.74) is 2.02. The summed E-state index contributed by atoms with van der Waals surface area (Å²) in [6.07, 6.45) is 2.35. The van der Waals surface area contributed by atoms with Crippen molar-refractivity contribution in [3.8, 4) is 0 Å². The zero-order chi connectivity index (χ0) is 14.3. The second-order valence-electron chi connectivity index (χ2n) is 5.08. The van der Waals surface area contributed by atoms with Crippen LogP contribution in [0.4, 0.5) is 11.4 Å². The zero-order valence-electron chi connectivity index (χ0n) is 11.1. The summed E-state index contributed by atoms with van der Waals surface area (Å²) in [5.74, 6) is -1.03. The average Bonchev–Trinajstić information content (AvgIpc) is 2.73. The quantitative estimate of drug-likeness (QED) is 0.840. The first-order valence-corrected chi connectivity index (χ1v) is 7.36. The summed E-state index contributed by atoms with van der Waals surface area (Å²) in [4.78, 5) is 25.3. The molecule has 5 nitrogen and oxygen atoms in total. The van der Waals surface area contributed by atoms with E-state index >= 15 is 0 Å². The van der Waals surface area contributed by atoms with E-state index in [0.717, 1.165) is 36.1 Å². The van der Waals surface area contributed by atoms with Crippen molar-refractivity contribution in [1.29, 1.82) is 0 Å². The van der Waals surface area contributed by atoms with Crippen LogP contribution in [0.3, 0.4) is 0 Å². The number of halogens is 1. The number of ether oxygens (including phenoxy) is 1. The Hall–Kier alpha value is -1.40. The second kappa shape index (κ2) is 5.18. The Kier molecular flexibility index (Phi) is 3.52. The molecule has 0 aromatic heterocycles. The molecule has 1 aromatic rings. The van der Waals surface area contributed by atoms with Crippen LogP contribution in [0, 0.1) is 0 Å². The summed E-state index contributed by atoms with van der Waals surface area (Å²) in [6, 6.07) is 3.58. The van der Waals surface area contributed by atoms with E-state index in [4.69, 9.17) is 4.74 Å². The minimum absolute atomic E-state index is 0.222. The highest BCUT2D eigenvalue weighted by atomic mass is 79.9. The maximum Gasteiger partial charge on any atom is 0.296 e. The minimum atomic E-state index is -0.558. The molecule has 1 amide bonds.